The lowest BCUT2D eigenvalue weighted by Gasteiger charge is -2.32. The Morgan fingerprint density at radius 3 is 2.13 bits per heavy atom. The number of carbonyl (C=O) groups excluding carboxylic acids is 1. The van der Waals surface area contributed by atoms with Crippen LogP contribution in [0.3, 0.4) is 0 Å². The van der Waals surface area contributed by atoms with Crippen LogP contribution >= 0.6 is 11.6 Å². The minimum Gasteiger partial charge on any atom is -0.338 e. The smallest absolute Gasteiger partial charge is 0.338 e. The van der Waals surface area contributed by atoms with Gasteiger partial charge < -0.3 is 4.90 Å². The van der Waals surface area contributed by atoms with Crippen LogP contribution in [0.2, 0.25) is 5.02 Å². The zero-order valence-corrected chi connectivity index (χ0v) is 22.3. The number of likely N-dealkylation sites (tertiary alicyclic amines) is 1. The number of benzene rings is 3. The molecule has 0 atom stereocenters. The van der Waals surface area contributed by atoms with Gasteiger partial charge in [-0.2, -0.15) is 13.2 Å². The van der Waals surface area contributed by atoms with Gasteiger partial charge in [0.2, 0.25) is 19.9 Å². The van der Waals surface area contributed by atoms with Crippen molar-refractivity contribution in [2.24, 2.45) is 0 Å². The van der Waals surface area contributed by atoms with Gasteiger partial charge in [-0.05, 0) is 61.4 Å². The summed E-state index contributed by atoms with van der Waals surface area (Å²) in [5.74, 6) is -1.12. The van der Waals surface area contributed by atoms with Crippen LogP contribution in [0.25, 0.3) is 0 Å². The fraction of sp³-hybridized carbons (Fsp3) is 0.240. The van der Waals surface area contributed by atoms with Gasteiger partial charge in [-0.25, -0.2) is 25.9 Å². The molecule has 3 aromatic rings. The Morgan fingerprint density at radius 2 is 1.54 bits per heavy atom. The standard InChI is InChI=1S/C25H21ClF4N2O5S2/c26-22-14-16(27)6-8-20(22)24(33)32-12-10-17(11-13-32)31-39(36,37)23-15-19(7-9-21(23)25(28,29)30)38(34,35)18-4-2-1-3-5-18/h1-9,14-15,17,31H,10-13H2. The molecule has 0 aromatic heterocycles. The third kappa shape index (κ3) is 6.26. The molecule has 3 aromatic carbocycles. The maximum atomic E-state index is 13.7. The highest BCUT2D eigenvalue weighted by Gasteiger charge is 2.39. The van der Waals surface area contributed by atoms with E-state index in [0.29, 0.717) is 12.1 Å². The number of nitrogens with one attached hydrogen (secondary N) is 1. The monoisotopic (exact) mass is 604 g/mol. The third-order valence-electron chi connectivity index (χ3n) is 6.18. The lowest BCUT2D eigenvalue weighted by molar-refractivity contribution is -0.139. The largest absolute Gasteiger partial charge is 0.417 e. The van der Waals surface area contributed by atoms with Crippen molar-refractivity contribution in [2.75, 3.05) is 13.1 Å². The first kappa shape index (κ1) is 29.0. The van der Waals surface area contributed by atoms with E-state index in [0.717, 1.165) is 18.2 Å². The number of piperidine rings is 1. The highest BCUT2D eigenvalue weighted by molar-refractivity contribution is 7.91. The van der Waals surface area contributed by atoms with Crippen LogP contribution in [-0.2, 0) is 26.0 Å². The number of hydrogen-bond acceptors (Lipinski definition) is 5. The number of rotatable bonds is 6. The summed E-state index contributed by atoms with van der Waals surface area (Å²) in [5, 5.41) is -0.0900. The van der Waals surface area contributed by atoms with Crippen molar-refractivity contribution in [1.29, 1.82) is 0 Å². The van der Waals surface area contributed by atoms with Crippen LogP contribution in [0.15, 0.2) is 81.4 Å². The van der Waals surface area contributed by atoms with E-state index in [1.807, 2.05) is 0 Å². The summed E-state index contributed by atoms with van der Waals surface area (Å²) in [6, 6.07) is 11.0. The van der Waals surface area contributed by atoms with Crippen LogP contribution < -0.4 is 4.72 Å². The van der Waals surface area contributed by atoms with Gasteiger partial charge in [0.1, 0.15) is 5.82 Å². The fourth-order valence-electron chi connectivity index (χ4n) is 4.18. The molecule has 1 saturated heterocycles. The quantitative estimate of drug-likeness (QED) is 0.403. The number of carbonyl (C=O) groups is 1. The molecule has 4 rings (SSSR count). The third-order valence-corrected chi connectivity index (χ3v) is 9.82. The molecule has 7 nitrogen and oxygen atoms in total. The highest BCUT2D eigenvalue weighted by Crippen LogP contribution is 2.36. The van der Waals surface area contributed by atoms with Crippen molar-refractivity contribution >= 4 is 37.4 Å². The molecule has 1 fully saturated rings. The minimum atomic E-state index is -5.08. The van der Waals surface area contributed by atoms with Gasteiger partial charge in [0, 0.05) is 19.1 Å². The average Bonchev–Trinajstić information content (AvgIpc) is 2.88. The van der Waals surface area contributed by atoms with Gasteiger partial charge in [-0.15, -0.1) is 0 Å². The molecule has 208 valence electrons. The molecule has 0 radical (unpaired) electrons. The fourth-order valence-corrected chi connectivity index (χ4v) is 7.37. The molecule has 1 heterocycles. The maximum Gasteiger partial charge on any atom is 0.417 e. The van der Waals surface area contributed by atoms with Gasteiger partial charge in [-0.1, -0.05) is 29.8 Å². The zero-order valence-electron chi connectivity index (χ0n) is 20.0. The Labute approximate surface area is 227 Å². The Bertz CT molecular complexity index is 1610. The molecule has 0 bridgehead atoms. The van der Waals surface area contributed by atoms with Gasteiger partial charge >= 0.3 is 6.18 Å². The second-order valence-electron chi connectivity index (χ2n) is 8.78. The Morgan fingerprint density at radius 1 is 0.897 bits per heavy atom. The molecular formula is C25H21ClF4N2O5S2. The number of alkyl halides is 3. The van der Waals surface area contributed by atoms with Crippen molar-refractivity contribution in [2.45, 2.75) is 39.7 Å². The van der Waals surface area contributed by atoms with E-state index in [-0.39, 0.29) is 41.4 Å². The van der Waals surface area contributed by atoms with E-state index < -0.39 is 59.2 Å². The summed E-state index contributed by atoms with van der Waals surface area (Å²) in [6.07, 6.45) is -4.95. The number of sulfonamides is 1. The molecule has 0 spiro atoms. The predicted octanol–water partition coefficient (Wildman–Crippen LogP) is 4.91. The van der Waals surface area contributed by atoms with E-state index in [2.05, 4.69) is 4.72 Å². The highest BCUT2D eigenvalue weighted by atomic mass is 35.5. The summed E-state index contributed by atoms with van der Waals surface area (Å²) < 4.78 is 109. The second kappa shape index (κ2) is 10.9. The molecule has 1 N–H and O–H groups in total. The number of sulfone groups is 1. The first-order chi connectivity index (χ1) is 18.2. The number of nitrogens with zero attached hydrogens (tertiary/aromatic N) is 1. The van der Waals surface area contributed by atoms with Crippen LogP contribution in [0, 0.1) is 5.82 Å². The molecule has 1 amide bonds. The van der Waals surface area contributed by atoms with E-state index in [1.54, 1.807) is 6.07 Å². The van der Waals surface area contributed by atoms with E-state index >= 15 is 0 Å². The SMILES string of the molecule is O=C(c1ccc(F)cc1Cl)N1CCC(NS(=O)(=O)c2cc(S(=O)(=O)c3ccccc3)ccc2C(F)(F)F)CC1. The second-order valence-corrected chi connectivity index (χ2v) is 12.8. The Kier molecular flexibility index (Phi) is 8.08. The van der Waals surface area contributed by atoms with Crippen molar-refractivity contribution in [3.05, 3.63) is 88.7 Å². The van der Waals surface area contributed by atoms with Crippen molar-refractivity contribution in [3.8, 4) is 0 Å². The first-order valence-corrected chi connectivity index (χ1v) is 14.8. The van der Waals surface area contributed by atoms with Crippen molar-refractivity contribution in [3.63, 3.8) is 0 Å². The molecule has 1 aliphatic rings. The van der Waals surface area contributed by atoms with Crippen molar-refractivity contribution in [1.82, 2.24) is 9.62 Å². The van der Waals surface area contributed by atoms with Crippen LogP contribution in [0.5, 0.6) is 0 Å². The molecule has 39 heavy (non-hydrogen) atoms. The first-order valence-electron chi connectivity index (χ1n) is 11.5. The summed E-state index contributed by atoms with van der Waals surface area (Å²) >= 11 is 5.95. The lowest BCUT2D eigenvalue weighted by Crippen LogP contribution is -2.46. The normalized spacial score (nSPS) is 15.4. The number of hydrogen-bond donors (Lipinski definition) is 1. The van der Waals surface area contributed by atoms with Gasteiger partial charge in [0.25, 0.3) is 5.91 Å². The topological polar surface area (TPSA) is 101 Å². The van der Waals surface area contributed by atoms with Crippen LogP contribution in [0.1, 0.15) is 28.8 Å². The Balaban J connectivity index is 1.57. The maximum absolute atomic E-state index is 13.7. The van der Waals surface area contributed by atoms with Gasteiger partial charge in [0.05, 0.1) is 30.8 Å². The number of amides is 1. The molecule has 0 aliphatic carbocycles. The minimum absolute atomic E-state index is 0.0499. The summed E-state index contributed by atoms with van der Waals surface area (Å²) in [4.78, 5) is 12.1. The van der Waals surface area contributed by atoms with Crippen LogP contribution in [0.4, 0.5) is 17.6 Å². The summed E-state index contributed by atoms with van der Waals surface area (Å²) in [5.41, 5.74) is -1.45. The molecule has 1 aliphatic heterocycles. The summed E-state index contributed by atoms with van der Waals surface area (Å²) in [7, 11) is -9.15. The van der Waals surface area contributed by atoms with E-state index in [1.165, 1.54) is 35.2 Å². The van der Waals surface area contributed by atoms with E-state index in [9.17, 15) is 39.2 Å². The molecule has 0 unspecified atom stereocenters. The predicted molar refractivity (Wildman–Crippen MR) is 134 cm³/mol. The average molecular weight is 605 g/mol. The molecular weight excluding hydrogens is 584 g/mol. The lowest BCUT2D eigenvalue weighted by atomic mass is 10.0. The molecule has 14 heteroatoms. The van der Waals surface area contributed by atoms with E-state index in [4.69, 9.17) is 11.6 Å². The zero-order chi connectivity index (χ0) is 28.6. The molecule has 0 saturated carbocycles. The summed E-state index contributed by atoms with van der Waals surface area (Å²) in [6.45, 7) is 0.0998. The van der Waals surface area contributed by atoms with Gasteiger partial charge in [-0.3, -0.25) is 4.79 Å². The Hall–Kier alpha value is -3.00. The van der Waals surface area contributed by atoms with Crippen molar-refractivity contribution < 1.29 is 39.2 Å². The van der Waals surface area contributed by atoms with Gasteiger partial charge in [0.15, 0.2) is 0 Å². The van der Waals surface area contributed by atoms with Crippen LogP contribution in [-0.4, -0.2) is 46.8 Å². The number of halogens is 5.